The number of fused-ring (bicyclic) bond motifs is 4. The molecule has 2 aliphatic rings. The summed E-state index contributed by atoms with van der Waals surface area (Å²) >= 11 is 6.42. The maximum Gasteiger partial charge on any atom is 0.407 e. The van der Waals surface area contributed by atoms with E-state index in [0.29, 0.717) is 6.42 Å². The summed E-state index contributed by atoms with van der Waals surface area (Å²) in [5.74, 6) is -0.110. The molecule has 8 rings (SSSR count). The standard InChI is InChI=1S/C21H24N4O3S2.C19H22N4O2S2/c1-11(26)23-18-17(19-25-14-10-22-8-7-15(14)29-19)13-6-5-12(9-16(13)30-18)24-20(27)28-21(2,3)4;1-19(2,3)25-18(24)22-10-4-5-11-14(8-10)26-16(20)15(11)17-23-12-9-21-7-6-13(12)27-17/h7-8,10,12H,5-6,9H2,1-4H3,(H,23,26)(H,24,27);6-7,9-10H,4-5,8,20H2,1-3H3,(H,22,24). The molecule has 13 nitrogen and oxygen atoms in total. The summed E-state index contributed by atoms with van der Waals surface area (Å²) in [5, 5.41) is 12.4. The lowest BCUT2D eigenvalue weighted by molar-refractivity contribution is -0.114. The third kappa shape index (κ3) is 9.71. The zero-order valence-corrected chi connectivity index (χ0v) is 36.2. The molecule has 0 aromatic carbocycles. The predicted molar refractivity (Wildman–Crippen MR) is 231 cm³/mol. The fourth-order valence-electron chi connectivity index (χ4n) is 6.87. The fourth-order valence-corrected chi connectivity index (χ4v) is 11.6. The average Bonchev–Trinajstić information content (AvgIpc) is 3.87. The number of thiazole rings is 2. The van der Waals surface area contributed by atoms with Crippen molar-refractivity contribution >= 4 is 93.9 Å². The summed E-state index contributed by atoms with van der Waals surface area (Å²) < 4.78 is 12.9. The summed E-state index contributed by atoms with van der Waals surface area (Å²) in [6.45, 7) is 12.7. The Morgan fingerprint density at radius 1 is 0.719 bits per heavy atom. The van der Waals surface area contributed by atoms with Gasteiger partial charge in [-0.3, -0.25) is 14.8 Å². The quantitative estimate of drug-likeness (QED) is 0.131. The van der Waals surface area contributed by atoms with Crippen molar-refractivity contribution in [3.8, 4) is 21.1 Å². The van der Waals surface area contributed by atoms with E-state index in [2.05, 4.69) is 25.9 Å². The highest BCUT2D eigenvalue weighted by Gasteiger charge is 2.31. The largest absolute Gasteiger partial charge is 0.444 e. The van der Waals surface area contributed by atoms with E-state index < -0.39 is 17.3 Å². The van der Waals surface area contributed by atoms with E-state index >= 15 is 0 Å². The molecular formula is C40H46N8O5S4. The smallest absolute Gasteiger partial charge is 0.407 e. The van der Waals surface area contributed by atoms with Crippen LogP contribution < -0.4 is 21.7 Å². The molecule has 57 heavy (non-hydrogen) atoms. The van der Waals surface area contributed by atoms with Crippen molar-refractivity contribution in [1.29, 1.82) is 0 Å². The average molecular weight is 847 g/mol. The third-order valence-corrected chi connectivity index (χ3v) is 13.5. The van der Waals surface area contributed by atoms with Gasteiger partial charge in [0.15, 0.2) is 0 Å². The highest BCUT2D eigenvalue weighted by Crippen LogP contribution is 2.47. The van der Waals surface area contributed by atoms with Crippen LogP contribution in [0.4, 0.5) is 19.6 Å². The number of alkyl carbamates (subject to hydrolysis) is 2. The maximum absolute atomic E-state index is 12.2. The monoisotopic (exact) mass is 846 g/mol. The number of aromatic nitrogens is 4. The lowest BCUT2D eigenvalue weighted by Gasteiger charge is -2.26. The Kier molecular flexibility index (Phi) is 11.6. The highest BCUT2D eigenvalue weighted by atomic mass is 32.1. The molecule has 2 unspecified atom stereocenters. The van der Waals surface area contributed by atoms with Crippen molar-refractivity contribution in [3.05, 3.63) is 57.8 Å². The molecule has 0 aliphatic heterocycles. The molecule has 0 bridgehead atoms. The fraction of sp³-hybridized carbons (Fsp3) is 0.425. The van der Waals surface area contributed by atoms with Gasteiger partial charge in [0.05, 0.1) is 26.8 Å². The van der Waals surface area contributed by atoms with E-state index in [-0.39, 0.29) is 24.1 Å². The minimum absolute atomic E-state index is 0.00333. The van der Waals surface area contributed by atoms with Crippen molar-refractivity contribution in [2.24, 2.45) is 0 Å². The number of nitrogens with two attached hydrogens (primary N) is 1. The Labute approximate surface area is 346 Å². The van der Waals surface area contributed by atoms with Crippen LogP contribution in [-0.2, 0) is 40.0 Å². The second-order valence-corrected chi connectivity index (χ2v) is 20.3. The Bertz CT molecular complexity index is 2390. The number of amides is 3. The molecule has 0 saturated carbocycles. The third-order valence-electron chi connectivity index (χ3n) is 9.10. The Balaban J connectivity index is 0.000000175. The summed E-state index contributed by atoms with van der Waals surface area (Å²) in [5.41, 5.74) is 11.6. The zero-order chi connectivity index (χ0) is 40.6. The molecule has 17 heteroatoms. The summed E-state index contributed by atoms with van der Waals surface area (Å²) in [4.78, 5) is 56.2. The topological polar surface area (TPSA) is 183 Å². The first-order valence-corrected chi connectivity index (χ1v) is 22.0. The number of hydrogen-bond acceptors (Lipinski definition) is 14. The number of carbonyl (C=O) groups excluding carboxylic acids is 3. The van der Waals surface area contributed by atoms with Gasteiger partial charge in [0.1, 0.15) is 37.3 Å². The van der Waals surface area contributed by atoms with Crippen molar-refractivity contribution in [2.45, 2.75) is 110 Å². The number of ether oxygens (including phenoxy) is 2. The number of pyridine rings is 2. The van der Waals surface area contributed by atoms with Crippen LogP contribution in [0.15, 0.2) is 36.9 Å². The van der Waals surface area contributed by atoms with E-state index in [0.717, 1.165) is 83.7 Å². The van der Waals surface area contributed by atoms with E-state index in [1.54, 1.807) is 70.1 Å². The van der Waals surface area contributed by atoms with Gasteiger partial charge in [0.25, 0.3) is 0 Å². The first-order chi connectivity index (χ1) is 27.0. The summed E-state index contributed by atoms with van der Waals surface area (Å²) in [7, 11) is 0. The molecule has 300 valence electrons. The number of anilines is 2. The zero-order valence-electron chi connectivity index (χ0n) is 32.9. The van der Waals surface area contributed by atoms with Crippen LogP contribution in [0.5, 0.6) is 0 Å². The molecular weight excluding hydrogens is 801 g/mol. The minimum Gasteiger partial charge on any atom is -0.444 e. The SMILES string of the molecule is CC(=O)Nc1sc2c(c1-c1nc3cnccc3s1)CCC(NC(=O)OC(C)(C)C)C2.CC(C)(C)OC(=O)NC1CCc2c(sc(N)c2-c2nc3cnccc3s2)C1. The van der Waals surface area contributed by atoms with Crippen molar-refractivity contribution in [2.75, 3.05) is 11.1 Å². The normalized spacial score (nSPS) is 16.5. The second kappa shape index (κ2) is 16.3. The van der Waals surface area contributed by atoms with E-state index in [1.165, 1.54) is 27.8 Å². The Morgan fingerprint density at radius 3 is 1.67 bits per heavy atom. The number of thiophene rings is 2. The van der Waals surface area contributed by atoms with Gasteiger partial charge >= 0.3 is 12.2 Å². The second-order valence-electron chi connectivity index (χ2n) is 16.0. The number of carbonyl (C=O) groups is 3. The van der Waals surface area contributed by atoms with Gasteiger partial charge in [-0.1, -0.05) is 0 Å². The molecule has 3 amide bonds. The van der Waals surface area contributed by atoms with Gasteiger partial charge in [0, 0.05) is 65.1 Å². The van der Waals surface area contributed by atoms with Crippen LogP contribution in [-0.4, -0.2) is 61.3 Å². The molecule has 6 heterocycles. The summed E-state index contributed by atoms with van der Waals surface area (Å²) in [6.07, 6.45) is 11.1. The van der Waals surface area contributed by atoms with Gasteiger partial charge < -0.3 is 31.2 Å². The molecule has 2 atom stereocenters. The first-order valence-electron chi connectivity index (χ1n) is 18.7. The van der Waals surface area contributed by atoms with Crippen LogP contribution in [0.25, 0.3) is 41.6 Å². The Hall–Kier alpha value is -4.71. The Morgan fingerprint density at radius 2 is 1.19 bits per heavy atom. The van der Waals surface area contributed by atoms with E-state index in [1.807, 2.05) is 53.7 Å². The van der Waals surface area contributed by atoms with Gasteiger partial charge in [-0.15, -0.1) is 45.3 Å². The molecule has 0 fully saturated rings. The van der Waals surface area contributed by atoms with E-state index in [9.17, 15) is 14.4 Å². The molecule has 6 aromatic rings. The van der Waals surface area contributed by atoms with Gasteiger partial charge in [-0.2, -0.15) is 0 Å². The number of nitrogen functional groups attached to an aromatic ring is 1. The van der Waals surface area contributed by atoms with Gasteiger partial charge in [0.2, 0.25) is 5.91 Å². The van der Waals surface area contributed by atoms with Gasteiger partial charge in [-0.05, 0) is 90.5 Å². The molecule has 0 saturated heterocycles. The molecule has 6 aromatic heterocycles. The molecule has 5 N–H and O–H groups in total. The van der Waals surface area contributed by atoms with Crippen LogP contribution in [0.1, 0.15) is 82.2 Å². The molecule has 0 spiro atoms. The van der Waals surface area contributed by atoms with Crippen LogP contribution in [0, 0.1) is 0 Å². The van der Waals surface area contributed by atoms with Crippen LogP contribution in [0.2, 0.25) is 0 Å². The van der Waals surface area contributed by atoms with Crippen LogP contribution >= 0.6 is 45.3 Å². The molecule has 0 radical (unpaired) electrons. The lowest BCUT2D eigenvalue weighted by Crippen LogP contribution is -2.41. The number of rotatable bonds is 5. The summed E-state index contributed by atoms with van der Waals surface area (Å²) in [6, 6.07) is 4.00. The number of nitrogens with one attached hydrogen (secondary N) is 3. The first kappa shape index (κ1) is 40.5. The lowest BCUT2D eigenvalue weighted by atomic mass is 9.92. The highest BCUT2D eigenvalue weighted by molar-refractivity contribution is 7.23. The van der Waals surface area contributed by atoms with Crippen LogP contribution in [0.3, 0.4) is 0 Å². The van der Waals surface area contributed by atoms with Crippen molar-refractivity contribution in [3.63, 3.8) is 0 Å². The molecule has 2 aliphatic carbocycles. The van der Waals surface area contributed by atoms with Crippen molar-refractivity contribution in [1.82, 2.24) is 30.6 Å². The maximum atomic E-state index is 12.2. The minimum atomic E-state index is -0.527. The number of hydrogen-bond donors (Lipinski definition) is 4. The van der Waals surface area contributed by atoms with E-state index in [4.69, 9.17) is 25.2 Å². The number of nitrogens with zero attached hydrogens (tertiary/aromatic N) is 4. The predicted octanol–water partition coefficient (Wildman–Crippen LogP) is 9.14. The van der Waals surface area contributed by atoms with Crippen molar-refractivity contribution < 1.29 is 23.9 Å². The van der Waals surface area contributed by atoms with Gasteiger partial charge in [-0.25, -0.2) is 19.6 Å².